The second-order valence-electron chi connectivity index (χ2n) is 4.04. The summed E-state index contributed by atoms with van der Waals surface area (Å²) < 4.78 is 34.1. The summed E-state index contributed by atoms with van der Waals surface area (Å²) in [6.07, 6.45) is 1.86. The largest absolute Gasteiger partial charge is 0.397 e. The lowest BCUT2D eigenvalue weighted by Gasteiger charge is -2.25. The van der Waals surface area contributed by atoms with Crippen LogP contribution in [0.2, 0.25) is 0 Å². The molecule has 2 rings (SSSR count). The summed E-state index contributed by atoms with van der Waals surface area (Å²) in [7, 11) is -4.34. The molecule has 0 saturated carbocycles. The molecule has 1 aromatic carbocycles. The van der Waals surface area contributed by atoms with E-state index in [1.165, 1.54) is 0 Å². The summed E-state index contributed by atoms with van der Waals surface area (Å²) in [5.41, 5.74) is 1.05. The standard InChI is InChI=1S/C11H15NO4S/c13-17(14,15)16-9-11-7-4-8-12(11)10-5-2-1-3-6-10/h1-3,5-6,11H,4,7-9H2,(H,13,14,15)/t11-/m0/s1. The van der Waals surface area contributed by atoms with E-state index in [2.05, 4.69) is 9.08 Å². The average Bonchev–Trinajstić information content (AvgIpc) is 2.75. The fourth-order valence-electron chi connectivity index (χ4n) is 2.13. The first-order valence-electron chi connectivity index (χ1n) is 5.50. The molecule has 0 unspecified atom stereocenters. The van der Waals surface area contributed by atoms with Gasteiger partial charge in [0.25, 0.3) is 0 Å². The normalized spacial score (nSPS) is 20.8. The molecule has 0 amide bonds. The Morgan fingerprint density at radius 3 is 2.71 bits per heavy atom. The topological polar surface area (TPSA) is 66.8 Å². The van der Waals surface area contributed by atoms with Gasteiger partial charge < -0.3 is 4.90 Å². The smallest absolute Gasteiger partial charge is 0.366 e. The van der Waals surface area contributed by atoms with Crippen molar-refractivity contribution < 1.29 is 17.2 Å². The molecule has 1 saturated heterocycles. The Morgan fingerprint density at radius 2 is 2.06 bits per heavy atom. The third-order valence-corrected chi connectivity index (χ3v) is 3.31. The van der Waals surface area contributed by atoms with Gasteiger partial charge in [-0.1, -0.05) is 18.2 Å². The van der Waals surface area contributed by atoms with Crippen LogP contribution in [-0.2, 0) is 14.6 Å². The molecular formula is C11H15NO4S. The first kappa shape index (κ1) is 12.3. The highest BCUT2D eigenvalue weighted by Gasteiger charge is 2.26. The van der Waals surface area contributed by atoms with Gasteiger partial charge in [0.15, 0.2) is 0 Å². The summed E-state index contributed by atoms with van der Waals surface area (Å²) in [4.78, 5) is 2.10. The minimum absolute atomic E-state index is 0.000625. The quantitative estimate of drug-likeness (QED) is 0.827. The number of hydrogen-bond acceptors (Lipinski definition) is 4. The van der Waals surface area contributed by atoms with Crippen LogP contribution in [0.4, 0.5) is 5.69 Å². The SMILES string of the molecule is O=S(=O)(O)OC[C@@H]1CCCN1c1ccccc1. The lowest BCUT2D eigenvalue weighted by atomic mass is 10.2. The predicted molar refractivity (Wildman–Crippen MR) is 64.3 cm³/mol. The molecule has 0 radical (unpaired) electrons. The van der Waals surface area contributed by atoms with Crippen LogP contribution >= 0.6 is 0 Å². The molecule has 6 heteroatoms. The molecule has 1 aliphatic heterocycles. The fraction of sp³-hybridized carbons (Fsp3) is 0.455. The van der Waals surface area contributed by atoms with Crippen molar-refractivity contribution in [1.82, 2.24) is 0 Å². The average molecular weight is 257 g/mol. The van der Waals surface area contributed by atoms with Gasteiger partial charge in [-0.05, 0) is 25.0 Å². The lowest BCUT2D eigenvalue weighted by Crippen LogP contribution is -2.33. The lowest BCUT2D eigenvalue weighted by molar-refractivity contribution is 0.251. The van der Waals surface area contributed by atoms with Crippen molar-refractivity contribution in [2.45, 2.75) is 18.9 Å². The Labute approximate surface area is 101 Å². The maximum atomic E-state index is 10.5. The van der Waals surface area contributed by atoms with Gasteiger partial charge in [0.05, 0.1) is 12.6 Å². The fourth-order valence-corrected chi connectivity index (χ4v) is 2.46. The van der Waals surface area contributed by atoms with Crippen LogP contribution in [-0.4, -0.2) is 32.2 Å². The molecule has 1 atom stereocenters. The van der Waals surface area contributed by atoms with Crippen molar-refractivity contribution in [3.8, 4) is 0 Å². The van der Waals surface area contributed by atoms with E-state index < -0.39 is 10.4 Å². The molecule has 0 aromatic heterocycles. The van der Waals surface area contributed by atoms with Crippen LogP contribution in [0, 0.1) is 0 Å². The third-order valence-electron chi connectivity index (χ3n) is 2.87. The second-order valence-corrected chi connectivity index (χ2v) is 5.13. The molecule has 1 aromatic rings. The first-order valence-corrected chi connectivity index (χ1v) is 6.86. The van der Waals surface area contributed by atoms with Crippen molar-refractivity contribution in [2.75, 3.05) is 18.1 Å². The number of hydrogen-bond donors (Lipinski definition) is 1. The van der Waals surface area contributed by atoms with Crippen LogP contribution in [0.25, 0.3) is 0 Å². The van der Waals surface area contributed by atoms with E-state index in [0.717, 1.165) is 25.1 Å². The Morgan fingerprint density at radius 1 is 1.35 bits per heavy atom. The number of benzene rings is 1. The summed E-state index contributed by atoms with van der Waals surface area (Å²) in [6.45, 7) is 0.872. The van der Waals surface area contributed by atoms with Crippen molar-refractivity contribution in [3.63, 3.8) is 0 Å². The highest BCUT2D eigenvalue weighted by atomic mass is 32.3. The number of nitrogens with zero attached hydrogens (tertiary/aromatic N) is 1. The van der Waals surface area contributed by atoms with E-state index in [1.807, 2.05) is 30.3 Å². The minimum atomic E-state index is -4.34. The minimum Gasteiger partial charge on any atom is -0.366 e. The van der Waals surface area contributed by atoms with Crippen LogP contribution < -0.4 is 4.90 Å². The first-order chi connectivity index (χ1) is 8.06. The number of para-hydroxylation sites is 1. The van der Waals surface area contributed by atoms with Gasteiger partial charge in [0.1, 0.15) is 0 Å². The van der Waals surface area contributed by atoms with E-state index in [-0.39, 0.29) is 12.6 Å². The van der Waals surface area contributed by atoms with Crippen LogP contribution in [0.5, 0.6) is 0 Å². The van der Waals surface area contributed by atoms with Gasteiger partial charge in [0.2, 0.25) is 0 Å². The molecule has 1 fully saturated rings. The van der Waals surface area contributed by atoms with Crippen molar-refractivity contribution in [1.29, 1.82) is 0 Å². The Bertz CT molecular complexity index is 460. The van der Waals surface area contributed by atoms with Gasteiger partial charge in [-0.2, -0.15) is 8.42 Å². The summed E-state index contributed by atoms with van der Waals surface area (Å²) >= 11 is 0. The van der Waals surface area contributed by atoms with E-state index in [1.54, 1.807) is 0 Å². The zero-order chi connectivity index (χ0) is 12.3. The van der Waals surface area contributed by atoms with E-state index in [0.29, 0.717) is 0 Å². The van der Waals surface area contributed by atoms with E-state index >= 15 is 0 Å². The van der Waals surface area contributed by atoms with E-state index in [4.69, 9.17) is 4.55 Å². The molecule has 5 nitrogen and oxygen atoms in total. The van der Waals surface area contributed by atoms with Crippen molar-refractivity contribution in [2.24, 2.45) is 0 Å². The van der Waals surface area contributed by atoms with Crippen LogP contribution in [0.3, 0.4) is 0 Å². The van der Waals surface area contributed by atoms with Crippen molar-refractivity contribution in [3.05, 3.63) is 30.3 Å². The van der Waals surface area contributed by atoms with Gasteiger partial charge in [-0.3, -0.25) is 4.55 Å². The molecule has 1 heterocycles. The Hall–Kier alpha value is -1.11. The molecule has 94 valence electrons. The summed E-state index contributed by atoms with van der Waals surface area (Å²) in [6, 6.07) is 9.77. The highest BCUT2D eigenvalue weighted by molar-refractivity contribution is 7.80. The maximum absolute atomic E-state index is 10.5. The van der Waals surface area contributed by atoms with Gasteiger partial charge in [0, 0.05) is 12.2 Å². The molecule has 1 aliphatic rings. The molecule has 1 N–H and O–H groups in total. The highest BCUT2D eigenvalue weighted by Crippen LogP contribution is 2.25. The molecule has 17 heavy (non-hydrogen) atoms. The van der Waals surface area contributed by atoms with Gasteiger partial charge >= 0.3 is 10.4 Å². The molecular weight excluding hydrogens is 242 g/mol. The second kappa shape index (κ2) is 5.03. The summed E-state index contributed by atoms with van der Waals surface area (Å²) in [5.74, 6) is 0. The third kappa shape index (κ3) is 3.42. The van der Waals surface area contributed by atoms with Gasteiger partial charge in [-0.25, -0.2) is 4.18 Å². The van der Waals surface area contributed by atoms with Crippen LogP contribution in [0.1, 0.15) is 12.8 Å². The zero-order valence-electron chi connectivity index (χ0n) is 9.32. The Balaban J connectivity index is 2.03. The van der Waals surface area contributed by atoms with Gasteiger partial charge in [-0.15, -0.1) is 0 Å². The molecule has 0 bridgehead atoms. The predicted octanol–water partition coefficient (Wildman–Crippen LogP) is 1.47. The number of rotatable bonds is 4. The zero-order valence-corrected chi connectivity index (χ0v) is 10.1. The van der Waals surface area contributed by atoms with Crippen LogP contribution in [0.15, 0.2) is 30.3 Å². The number of anilines is 1. The van der Waals surface area contributed by atoms with E-state index in [9.17, 15) is 8.42 Å². The summed E-state index contributed by atoms with van der Waals surface area (Å²) in [5, 5.41) is 0. The molecule has 0 spiro atoms. The van der Waals surface area contributed by atoms with Crippen molar-refractivity contribution >= 4 is 16.1 Å². The monoisotopic (exact) mass is 257 g/mol. The Kier molecular flexibility index (Phi) is 3.66. The maximum Gasteiger partial charge on any atom is 0.397 e. The molecule has 0 aliphatic carbocycles.